The van der Waals surface area contributed by atoms with E-state index in [0.717, 1.165) is 18.2 Å². The van der Waals surface area contributed by atoms with Crippen LogP contribution in [0.2, 0.25) is 0 Å². The maximum absolute atomic E-state index is 13.4. The van der Waals surface area contributed by atoms with Gasteiger partial charge in [-0.25, -0.2) is 26.3 Å². The Hall–Kier alpha value is -2.31. The van der Waals surface area contributed by atoms with Crippen molar-refractivity contribution in [2.24, 2.45) is 0 Å². The van der Waals surface area contributed by atoms with Gasteiger partial charge >= 0.3 is 0 Å². The van der Waals surface area contributed by atoms with Crippen LogP contribution in [0.15, 0.2) is 24.3 Å². The van der Waals surface area contributed by atoms with E-state index in [-0.39, 0.29) is 0 Å². The second kappa shape index (κ2) is 4.99. The van der Waals surface area contributed by atoms with E-state index in [2.05, 4.69) is 0 Å². The van der Waals surface area contributed by atoms with Gasteiger partial charge in [-0.3, -0.25) is 4.79 Å². The molecule has 0 fully saturated rings. The topological polar surface area (TPSA) is 17.1 Å². The lowest BCUT2D eigenvalue weighted by atomic mass is 10.0. The standard InChI is InChI=1S/C13H4F6O/c14-6-3-1-2-5(4-6)13(20)7-8(15)10(17)12(19)11(18)9(7)16/h1-4H. The van der Waals surface area contributed by atoms with E-state index in [0.29, 0.717) is 6.07 Å². The predicted molar refractivity (Wildman–Crippen MR) is 56.1 cm³/mol. The van der Waals surface area contributed by atoms with Crippen molar-refractivity contribution in [1.82, 2.24) is 0 Å². The van der Waals surface area contributed by atoms with Crippen molar-refractivity contribution in [2.75, 3.05) is 0 Å². The second-order valence-electron chi connectivity index (χ2n) is 3.78. The molecule has 0 amide bonds. The molecule has 0 radical (unpaired) electrons. The van der Waals surface area contributed by atoms with Crippen LogP contribution in [0.5, 0.6) is 0 Å². The third kappa shape index (κ3) is 2.15. The average molecular weight is 290 g/mol. The summed E-state index contributed by atoms with van der Waals surface area (Å²) in [4.78, 5) is 11.8. The minimum atomic E-state index is -2.37. The van der Waals surface area contributed by atoms with E-state index in [1.807, 2.05) is 0 Å². The summed E-state index contributed by atoms with van der Waals surface area (Å²) in [6.45, 7) is 0. The first kappa shape index (κ1) is 14.1. The van der Waals surface area contributed by atoms with E-state index in [1.165, 1.54) is 0 Å². The average Bonchev–Trinajstić information content (AvgIpc) is 2.43. The number of ketones is 1. The summed E-state index contributed by atoms with van der Waals surface area (Å²) < 4.78 is 78.5. The Balaban J connectivity index is 2.67. The highest BCUT2D eigenvalue weighted by Gasteiger charge is 2.30. The Kier molecular flexibility index (Phi) is 3.52. The quantitative estimate of drug-likeness (QED) is 0.356. The molecule has 2 aromatic rings. The van der Waals surface area contributed by atoms with Gasteiger partial charge in [0.05, 0.1) is 0 Å². The van der Waals surface area contributed by atoms with Gasteiger partial charge < -0.3 is 0 Å². The van der Waals surface area contributed by atoms with Crippen LogP contribution in [0.4, 0.5) is 26.3 Å². The summed E-state index contributed by atoms with van der Waals surface area (Å²) in [5, 5.41) is 0. The molecule has 1 nitrogen and oxygen atoms in total. The third-order valence-corrected chi connectivity index (χ3v) is 2.52. The minimum Gasteiger partial charge on any atom is -0.288 e. The largest absolute Gasteiger partial charge is 0.288 e. The van der Waals surface area contributed by atoms with Gasteiger partial charge in [-0.1, -0.05) is 12.1 Å². The number of halogens is 6. The highest BCUT2D eigenvalue weighted by molar-refractivity contribution is 6.09. The number of carbonyl (C=O) groups is 1. The van der Waals surface area contributed by atoms with Gasteiger partial charge in [0.15, 0.2) is 29.1 Å². The van der Waals surface area contributed by atoms with Crippen molar-refractivity contribution in [3.63, 3.8) is 0 Å². The van der Waals surface area contributed by atoms with Crippen molar-refractivity contribution in [2.45, 2.75) is 0 Å². The zero-order chi connectivity index (χ0) is 15.0. The van der Waals surface area contributed by atoms with Crippen LogP contribution in [0, 0.1) is 34.9 Å². The van der Waals surface area contributed by atoms with Crippen molar-refractivity contribution in [1.29, 1.82) is 0 Å². The van der Waals surface area contributed by atoms with Crippen LogP contribution >= 0.6 is 0 Å². The Morgan fingerprint density at radius 2 is 1.25 bits per heavy atom. The smallest absolute Gasteiger partial charge is 0.200 e. The molecule has 0 saturated carbocycles. The molecule has 0 aliphatic carbocycles. The van der Waals surface area contributed by atoms with E-state index in [1.54, 1.807) is 0 Å². The van der Waals surface area contributed by atoms with Gasteiger partial charge in [0, 0.05) is 5.56 Å². The Morgan fingerprint density at radius 1 is 0.750 bits per heavy atom. The molecule has 20 heavy (non-hydrogen) atoms. The molecule has 0 aliphatic rings. The summed E-state index contributed by atoms with van der Waals surface area (Å²) in [5.74, 6) is -13.7. The first-order valence-electron chi connectivity index (χ1n) is 5.16. The predicted octanol–water partition coefficient (Wildman–Crippen LogP) is 3.75. The van der Waals surface area contributed by atoms with Gasteiger partial charge in [0.2, 0.25) is 5.82 Å². The number of hydrogen-bond acceptors (Lipinski definition) is 1. The van der Waals surface area contributed by atoms with Gasteiger partial charge in [0.1, 0.15) is 11.4 Å². The molecule has 0 aromatic heterocycles. The zero-order valence-corrected chi connectivity index (χ0v) is 9.49. The molecule has 2 rings (SSSR count). The van der Waals surface area contributed by atoms with Crippen LogP contribution in [0.3, 0.4) is 0 Å². The van der Waals surface area contributed by atoms with Gasteiger partial charge in [-0.15, -0.1) is 0 Å². The molecule has 2 aromatic carbocycles. The fourth-order valence-corrected chi connectivity index (χ4v) is 1.58. The van der Waals surface area contributed by atoms with E-state index in [4.69, 9.17) is 0 Å². The van der Waals surface area contributed by atoms with Crippen LogP contribution < -0.4 is 0 Å². The van der Waals surface area contributed by atoms with Crippen LogP contribution in [-0.2, 0) is 0 Å². The molecule has 7 heteroatoms. The normalized spacial score (nSPS) is 10.7. The number of benzene rings is 2. The molecule has 0 unspecified atom stereocenters. The molecule has 0 atom stereocenters. The monoisotopic (exact) mass is 290 g/mol. The van der Waals surface area contributed by atoms with E-state index < -0.39 is 51.8 Å². The molecule has 0 N–H and O–H groups in total. The van der Waals surface area contributed by atoms with Crippen LogP contribution in [-0.4, -0.2) is 5.78 Å². The second-order valence-corrected chi connectivity index (χ2v) is 3.78. The zero-order valence-electron chi connectivity index (χ0n) is 9.49. The maximum Gasteiger partial charge on any atom is 0.200 e. The fourth-order valence-electron chi connectivity index (χ4n) is 1.58. The molecular weight excluding hydrogens is 286 g/mol. The summed E-state index contributed by atoms with van der Waals surface area (Å²) in [7, 11) is 0. The Bertz CT molecular complexity index is 681. The fraction of sp³-hybridized carbons (Fsp3) is 0. The van der Waals surface area contributed by atoms with Crippen molar-refractivity contribution in [3.8, 4) is 0 Å². The number of carbonyl (C=O) groups excluding carboxylic acids is 1. The lowest BCUT2D eigenvalue weighted by molar-refractivity contribution is 0.102. The molecule has 0 saturated heterocycles. The molecule has 0 heterocycles. The molecular formula is C13H4F6O. The first-order chi connectivity index (χ1) is 9.34. The lowest BCUT2D eigenvalue weighted by Gasteiger charge is -2.07. The molecule has 0 bridgehead atoms. The van der Waals surface area contributed by atoms with E-state index in [9.17, 15) is 31.1 Å². The molecule has 0 spiro atoms. The maximum atomic E-state index is 13.4. The van der Waals surface area contributed by atoms with Crippen molar-refractivity contribution < 1.29 is 31.1 Å². The number of hydrogen-bond donors (Lipinski definition) is 0. The lowest BCUT2D eigenvalue weighted by Crippen LogP contribution is -2.13. The number of rotatable bonds is 2. The summed E-state index contributed by atoms with van der Waals surface area (Å²) in [6.07, 6.45) is 0. The van der Waals surface area contributed by atoms with Crippen molar-refractivity contribution in [3.05, 3.63) is 70.3 Å². The minimum absolute atomic E-state index is 0.534. The third-order valence-electron chi connectivity index (χ3n) is 2.52. The SMILES string of the molecule is O=C(c1cccc(F)c1)c1c(F)c(F)c(F)c(F)c1F. The molecule has 104 valence electrons. The van der Waals surface area contributed by atoms with E-state index >= 15 is 0 Å². The summed E-state index contributed by atoms with van der Waals surface area (Å²) in [5.41, 5.74) is -2.15. The first-order valence-corrected chi connectivity index (χ1v) is 5.16. The highest BCUT2D eigenvalue weighted by Crippen LogP contribution is 2.25. The van der Waals surface area contributed by atoms with Gasteiger partial charge in [-0.05, 0) is 12.1 Å². The van der Waals surface area contributed by atoms with Crippen LogP contribution in [0.1, 0.15) is 15.9 Å². The highest BCUT2D eigenvalue weighted by atomic mass is 19.2. The van der Waals surface area contributed by atoms with Crippen molar-refractivity contribution >= 4 is 5.78 Å². The Morgan fingerprint density at radius 3 is 1.75 bits per heavy atom. The van der Waals surface area contributed by atoms with Crippen LogP contribution in [0.25, 0.3) is 0 Å². The van der Waals surface area contributed by atoms with Gasteiger partial charge in [-0.2, -0.15) is 0 Å². The van der Waals surface area contributed by atoms with Gasteiger partial charge in [0.25, 0.3) is 0 Å². The summed E-state index contributed by atoms with van der Waals surface area (Å²) in [6, 6.07) is 3.63. The summed E-state index contributed by atoms with van der Waals surface area (Å²) >= 11 is 0. The Labute approximate surface area is 108 Å². The molecule has 0 aliphatic heterocycles.